The van der Waals surface area contributed by atoms with Gasteiger partial charge < -0.3 is 4.57 Å². The molecule has 0 N–H and O–H groups in total. The number of hydroxylamine groups is 2. The first-order valence-electron chi connectivity index (χ1n) is 5.57. The van der Waals surface area contributed by atoms with Gasteiger partial charge in [0.25, 0.3) is 5.91 Å². The maximum Gasteiger partial charge on any atom is 0.297 e. The Morgan fingerprint density at radius 2 is 2.31 bits per heavy atom. The number of hydrogen-bond donors (Lipinski definition) is 0. The molecular weight excluding hydrogens is 206 g/mol. The first kappa shape index (κ1) is 9.84. The summed E-state index contributed by atoms with van der Waals surface area (Å²) in [6, 6.07) is 0. The van der Waals surface area contributed by atoms with E-state index >= 15 is 0 Å². The molecular formula is C11H15N3O2. The molecule has 1 spiro atoms. The lowest BCUT2D eigenvalue weighted by atomic mass is 10.1. The predicted molar refractivity (Wildman–Crippen MR) is 56.9 cm³/mol. The van der Waals surface area contributed by atoms with Gasteiger partial charge in [0.15, 0.2) is 5.69 Å². The summed E-state index contributed by atoms with van der Waals surface area (Å²) in [4.78, 5) is 21.1. The van der Waals surface area contributed by atoms with Gasteiger partial charge in [-0.25, -0.2) is 10.0 Å². The Kier molecular flexibility index (Phi) is 1.89. The van der Waals surface area contributed by atoms with E-state index in [9.17, 15) is 4.79 Å². The summed E-state index contributed by atoms with van der Waals surface area (Å²) in [6.45, 7) is 0. The van der Waals surface area contributed by atoms with Crippen LogP contribution in [0.4, 0.5) is 0 Å². The molecule has 1 aliphatic heterocycles. The number of carbonyl (C=O) groups is 1. The number of imidazole rings is 1. The third kappa shape index (κ3) is 1.15. The minimum atomic E-state index is -0.158. The van der Waals surface area contributed by atoms with Crippen LogP contribution >= 0.6 is 0 Å². The molecule has 1 fully saturated rings. The third-order valence-corrected chi connectivity index (χ3v) is 3.79. The molecule has 3 rings (SSSR count). The molecule has 1 saturated carbocycles. The molecule has 0 saturated heterocycles. The van der Waals surface area contributed by atoms with Gasteiger partial charge in [0, 0.05) is 12.6 Å². The highest BCUT2D eigenvalue weighted by atomic mass is 16.7. The van der Waals surface area contributed by atoms with Gasteiger partial charge in [-0.1, -0.05) is 0 Å². The van der Waals surface area contributed by atoms with E-state index in [1.165, 1.54) is 25.0 Å². The maximum absolute atomic E-state index is 12.0. The Hall–Kier alpha value is -1.36. The largest absolute Gasteiger partial charge is 0.328 e. The summed E-state index contributed by atoms with van der Waals surface area (Å²) in [5.41, 5.74) is 1.94. The van der Waals surface area contributed by atoms with E-state index < -0.39 is 0 Å². The molecule has 1 amide bonds. The summed E-state index contributed by atoms with van der Waals surface area (Å²) < 4.78 is 2.20. The zero-order valence-electron chi connectivity index (χ0n) is 9.56. The van der Waals surface area contributed by atoms with Crippen molar-refractivity contribution < 1.29 is 9.63 Å². The topological polar surface area (TPSA) is 47.4 Å². The summed E-state index contributed by atoms with van der Waals surface area (Å²) in [5, 5.41) is 1.22. The van der Waals surface area contributed by atoms with Gasteiger partial charge in [-0.05, 0) is 25.7 Å². The van der Waals surface area contributed by atoms with Gasteiger partial charge in [0.2, 0.25) is 0 Å². The second-order valence-corrected chi connectivity index (χ2v) is 4.62. The zero-order chi connectivity index (χ0) is 11.3. The number of amides is 1. The second kappa shape index (κ2) is 3.07. The second-order valence-electron chi connectivity index (χ2n) is 4.62. The fourth-order valence-corrected chi connectivity index (χ4v) is 2.54. The lowest BCUT2D eigenvalue weighted by Crippen LogP contribution is -2.26. The highest BCUT2D eigenvalue weighted by Crippen LogP contribution is 2.52. The van der Waals surface area contributed by atoms with Crippen LogP contribution in [0.5, 0.6) is 0 Å². The molecule has 1 aliphatic carbocycles. The minimum Gasteiger partial charge on any atom is -0.328 e. The number of aromatic nitrogens is 2. The molecule has 5 nitrogen and oxygen atoms in total. The molecule has 0 bridgehead atoms. The highest BCUT2D eigenvalue weighted by Gasteiger charge is 2.49. The summed E-state index contributed by atoms with van der Waals surface area (Å²) >= 11 is 0. The van der Waals surface area contributed by atoms with E-state index in [-0.39, 0.29) is 5.91 Å². The van der Waals surface area contributed by atoms with Crippen LogP contribution in [0.25, 0.3) is 0 Å². The molecule has 0 atom stereocenters. The minimum absolute atomic E-state index is 0.158. The maximum atomic E-state index is 12.0. The zero-order valence-corrected chi connectivity index (χ0v) is 9.56. The number of rotatable bonds is 2. The van der Waals surface area contributed by atoms with E-state index in [4.69, 9.17) is 4.84 Å². The van der Waals surface area contributed by atoms with Crippen molar-refractivity contribution in [3.05, 3.63) is 17.7 Å². The van der Waals surface area contributed by atoms with Crippen molar-refractivity contribution in [1.29, 1.82) is 0 Å². The van der Waals surface area contributed by atoms with Gasteiger partial charge in [0.05, 0.1) is 19.1 Å². The first-order chi connectivity index (χ1) is 7.68. The van der Waals surface area contributed by atoms with Crippen LogP contribution in [0.3, 0.4) is 0 Å². The summed E-state index contributed by atoms with van der Waals surface area (Å²) in [7, 11) is 3.09. The number of hydrogen-bond acceptors (Lipinski definition) is 3. The van der Waals surface area contributed by atoms with Gasteiger partial charge >= 0.3 is 0 Å². The van der Waals surface area contributed by atoms with E-state index in [2.05, 4.69) is 9.55 Å². The van der Waals surface area contributed by atoms with Crippen molar-refractivity contribution in [2.24, 2.45) is 0 Å². The van der Waals surface area contributed by atoms with Crippen LogP contribution < -0.4 is 0 Å². The Bertz CT molecular complexity index is 448. The molecule has 0 radical (unpaired) electrons. The Balaban J connectivity index is 1.96. The molecule has 1 aromatic heterocycles. The van der Waals surface area contributed by atoms with Crippen molar-refractivity contribution in [3.63, 3.8) is 0 Å². The normalized spacial score (nSPS) is 19.9. The predicted octanol–water partition coefficient (Wildman–Crippen LogP) is 0.952. The van der Waals surface area contributed by atoms with Crippen LogP contribution in [0.2, 0.25) is 0 Å². The van der Waals surface area contributed by atoms with Crippen LogP contribution in [0, 0.1) is 0 Å². The number of carbonyl (C=O) groups excluding carboxylic acids is 1. The molecule has 2 heterocycles. The molecule has 0 unspecified atom stereocenters. The van der Waals surface area contributed by atoms with Gasteiger partial charge in [-0.15, -0.1) is 0 Å². The van der Waals surface area contributed by atoms with E-state index in [1.807, 2.05) is 6.33 Å². The fraction of sp³-hybridized carbons (Fsp3) is 0.636. The lowest BCUT2D eigenvalue weighted by molar-refractivity contribution is -0.0760. The average molecular weight is 221 g/mol. The van der Waals surface area contributed by atoms with Crippen LogP contribution in [-0.4, -0.2) is 34.7 Å². The SMILES string of the molecule is CON(C)C(=O)c1ncn2c1CCC21CC1. The van der Waals surface area contributed by atoms with Gasteiger partial charge in [-0.2, -0.15) is 0 Å². The molecule has 86 valence electrons. The van der Waals surface area contributed by atoms with Crippen molar-refractivity contribution in [2.45, 2.75) is 31.2 Å². The van der Waals surface area contributed by atoms with Gasteiger partial charge in [0.1, 0.15) is 0 Å². The Labute approximate surface area is 94.0 Å². The van der Waals surface area contributed by atoms with E-state index in [0.29, 0.717) is 11.2 Å². The third-order valence-electron chi connectivity index (χ3n) is 3.79. The highest BCUT2D eigenvalue weighted by molar-refractivity contribution is 5.92. The lowest BCUT2D eigenvalue weighted by Gasteiger charge is -2.12. The number of nitrogens with zero attached hydrogens (tertiary/aromatic N) is 3. The molecule has 0 aromatic carbocycles. The first-order valence-corrected chi connectivity index (χ1v) is 5.57. The fourth-order valence-electron chi connectivity index (χ4n) is 2.54. The molecule has 5 heteroatoms. The monoisotopic (exact) mass is 221 g/mol. The summed E-state index contributed by atoms with van der Waals surface area (Å²) in [6.07, 6.45) is 6.38. The number of fused-ring (bicyclic) bond motifs is 2. The van der Waals surface area contributed by atoms with Gasteiger partial charge in [-0.3, -0.25) is 9.63 Å². The Morgan fingerprint density at radius 3 is 2.94 bits per heavy atom. The van der Waals surface area contributed by atoms with E-state index in [0.717, 1.165) is 18.5 Å². The van der Waals surface area contributed by atoms with Crippen molar-refractivity contribution in [2.75, 3.05) is 14.2 Å². The quantitative estimate of drug-likeness (QED) is 0.699. The van der Waals surface area contributed by atoms with Crippen molar-refractivity contribution in [1.82, 2.24) is 14.6 Å². The van der Waals surface area contributed by atoms with E-state index in [1.54, 1.807) is 7.05 Å². The van der Waals surface area contributed by atoms with Crippen molar-refractivity contribution >= 4 is 5.91 Å². The smallest absolute Gasteiger partial charge is 0.297 e. The molecule has 2 aliphatic rings. The van der Waals surface area contributed by atoms with Crippen molar-refractivity contribution in [3.8, 4) is 0 Å². The Morgan fingerprint density at radius 1 is 1.56 bits per heavy atom. The van der Waals surface area contributed by atoms with Crippen LogP contribution in [-0.2, 0) is 16.8 Å². The molecule has 1 aromatic rings. The average Bonchev–Trinajstić information content (AvgIpc) is 2.82. The molecule has 16 heavy (non-hydrogen) atoms. The standard InChI is InChI=1S/C11H15N3O2/c1-13(16-2)10(15)9-8-3-4-11(5-6-11)14(8)7-12-9/h7H,3-6H2,1-2H3. The summed E-state index contributed by atoms with van der Waals surface area (Å²) in [5.74, 6) is -0.158. The van der Waals surface area contributed by atoms with Crippen LogP contribution in [0.15, 0.2) is 6.33 Å². The van der Waals surface area contributed by atoms with Crippen LogP contribution in [0.1, 0.15) is 35.4 Å².